The second-order valence-corrected chi connectivity index (χ2v) is 11.0. The first-order chi connectivity index (χ1) is 17.8. The highest BCUT2D eigenvalue weighted by Gasteiger charge is 2.44. The van der Waals surface area contributed by atoms with E-state index >= 15 is 0 Å². The summed E-state index contributed by atoms with van der Waals surface area (Å²) in [5, 5.41) is 2.72. The van der Waals surface area contributed by atoms with Gasteiger partial charge in [0.2, 0.25) is 0 Å². The molecule has 0 bridgehead atoms. The maximum Gasteiger partial charge on any atom is 0.412 e. The van der Waals surface area contributed by atoms with Gasteiger partial charge in [-0.3, -0.25) is 10.1 Å². The SMILES string of the molecule is CC(=O)c1ccc(-n2c(=O)n3n(c2=O)C2C(=CC3)C(C)(C)Oc3cc(NC(=O)OC(C)(C)C)ccc32)cc1. The van der Waals surface area contributed by atoms with Crippen LogP contribution in [-0.4, -0.2) is 37.0 Å². The molecule has 3 heterocycles. The summed E-state index contributed by atoms with van der Waals surface area (Å²) in [6.45, 7) is 10.8. The van der Waals surface area contributed by atoms with Gasteiger partial charge in [-0.15, -0.1) is 0 Å². The van der Waals surface area contributed by atoms with Crippen LogP contribution >= 0.6 is 0 Å². The molecule has 0 radical (unpaired) electrons. The Morgan fingerprint density at radius 3 is 2.37 bits per heavy atom. The van der Waals surface area contributed by atoms with Crippen LogP contribution in [0.1, 0.15) is 63.5 Å². The van der Waals surface area contributed by atoms with Crippen LogP contribution in [0.5, 0.6) is 5.75 Å². The first-order valence-electron chi connectivity index (χ1n) is 12.4. The van der Waals surface area contributed by atoms with E-state index in [0.29, 0.717) is 28.3 Å². The van der Waals surface area contributed by atoms with Gasteiger partial charge in [-0.1, -0.05) is 12.1 Å². The minimum Gasteiger partial charge on any atom is -0.483 e. The molecular formula is C28H30N4O6. The zero-order valence-electron chi connectivity index (χ0n) is 22.2. The van der Waals surface area contributed by atoms with Gasteiger partial charge in [-0.2, -0.15) is 0 Å². The molecule has 1 aromatic heterocycles. The quantitative estimate of drug-likeness (QED) is 0.413. The molecule has 0 saturated carbocycles. The van der Waals surface area contributed by atoms with Gasteiger partial charge in [0.1, 0.15) is 23.0 Å². The van der Waals surface area contributed by atoms with Gasteiger partial charge >= 0.3 is 17.5 Å². The number of anilines is 1. The summed E-state index contributed by atoms with van der Waals surface area (Å²) in [6.07, 6.45) is 1.33. The number of benzene rings is 2. The standard InChI is InChI=1S/C28H30N4O6/c1-16(33)17-7-10-19(11-8-17)31-25(35)30-14-13-21-23(32(30)26(31)36)20-12-9-18(15-22(20)37-28(21,5)6)29-24(34)38-27(2,3)4/h7-13,15,23H,14H2,1-6H3,(H,29,34). The third-order valence-electron chi connectivity index (χ3n) is 6.63. The van der Waals surface area contributed by atoms with Crippen LogP contribution in [-0.2, 0) is 11.3 Å². The summed E-state index contributed by atoms with van der Waals surface area (Å²) in [4.78, 5) is 51.2. The lowest BCUT2D eigenvalue weighted by Gasteiger charge is -2.42. The minimum absolute atomic E-state index is 0.104. The van der Waals surface area contributed by atoms with Gasteiger partial charge in [0.15, 0.2) is 5.78 Å². The Labute approximate surface area is 219 Å². The first-order valence-corrected chi connectivity index (χ1v) is 12.4. The van der Waals surface area contributed by atoms with Crippen molar-refractivity contribution in [3.63, 3.8) is 0 Å². The number of Topliss-reactive ketones (excluding diaryl/α,β-unsaturated/α-hetero) is 1. The molecule has 10 nitrogen and oxygen atoms in total. The average molecular weight is 519 g/mol. The molecule has 5 rings (SSSR count). The number of aromatic nitrogens is 3. The number of ether oxygens (including phenoxy) is 2. The van der Waals surface area contributed by atoms with E-state index < -0.39 is 34.7 Å². The molecule has 10 heteroatoms. The molecule has 3 aromatic rings. The van der Waals surface area contributed by atoms with E-state index in [0.717, 1.165) is 10.1 Å². The second kappa shape index (κ2) is 8.61. The number of fused-ring (bicyclic) bond motifs is 5. The fourth-order valence-electron chi connectivity index (χ4n) is 4.96. The molecule has 1 N–H and O–H groups in total. The fourth-order valence-corrected chi connectivity index (χ4v) is 4.96. The third-order valence-corrected chi connectivity index (χ3v) is 6.63. The summed E-state index contributed by atoms with van der Waals surface area (Å²) >= 11 is 0. The largest absolute Gasteiger partial charge is 0.483 e. The highest BCUT2D eigenvalue weighted by Crippen LogP contribution is 2.46. The lowest BCUT2D eigenvalue weighted by atomic mass is 9.83. The van der Waals surface area contributed by atoms with Crippen LogP contribution in [0.4, 0.5) is 10.5 Å². The lowest BCUT2D eigenvalue weighted by Crippen LogP contribution is -2.46. The number of nitrogens with one attached hydrogen (secondary N) is 1. The van der Waals surface area contributed by atoms with Crippen molar-refractivity contribution in [2.24, 2.45) is 0 Å². The Morgan fingerprint density at radius 2 is 1.74 bits per heavy atom. The summed E-state index contributed by atoms with van der Waals surface area (Å²) in [5.74, 6) is 0.379. The van der Waals surface area contributed by atoms with Crippen LogP contribution in [0.3, 0.4) is 0 Å². The topological polar surface area (TPSA) is 114 Å². The van der Waals surface area contributed by atoms with Gasteiger partial charge in [0.25, 0.3) is 0 Å². The second-order valence-electron chi connectivity index (χ2n) is 11.0. The molecule has 0 fully saturated rings. The van der Waals surface area contributed by atoms with Crippen LogP contribution in [0.15, 0.2) is 63.7 Å². The van der Waals surface area contributed by atoms with E-state index in [-0.39, 0.29) is 12.3 Å². The summed E-state index contributed by atoms with van der Waals surface area (Å²) in [7, 11) is 0. The lowest BCUT2D eigenvalue weighted by molar-refractivity contribution is 0.0635. The normalized spacial score (nSPS) is 17.3. The van der Waals surface area contributed by atoms with Crippen molar-refractivity contribution in [2.45, 2.75) is 65.3 Å². The highest BCUT2D eigenvalue weighted by atomic mass is 16.6. The zero-order valence-corrected chi connectivity index (χ0v) is 22.2. The van der Waals surface area contributed by atoms with Crippen molar-refractivity contribution in [3.05, 3.63) is 86.2 Å². The molecule has 2 aliphatic rings. The minimum atomic E-state index is -0.784. The van der Waals surface area contributed by atoms with Gasteiger partial charge in [-0.25, -0.2) is 28.3 Å². The van der Waals surface area contributed by atoms with Crippen molar-refractivity contribution in [1.82, 2.24) is 13.9 Å². The maximum absolute atomic E-state index is 13.8. The van der Waals surface area contributed by atoms with Crippen molar-refractivity contribution in [1.29, 1.82) is 0 Å². The first kappa shape index (κ1) is 25.3. The third kappa shape index (κ3) is 4.25. The van der Waals surface area contributed by atoms with E-state index in [1.807, 2.05) is 19.9 Å². The summed E-state index contributed by atoms with van der Waals surface area (Å²) < 4.78 is 15.7. The van der Waals surface area contributed by atoms with Crippen LogP contribution in [0, 0.1) is 0 Å². The van der Waals surface area contributed by atoms with Crippen LogP contribution in [0.2, 0.25) is 0 Å². The number of carbonyl (C=O) groups excluding carboxylic acids is 2. The molecule has 1 unspecified atom stereocenters. The monoisotopic (exact) mass is 518 g/mol. The van der Waals surface area contributed by atoms with Crippen LogP contribution in [0.25, 0.3) is 5.69 Å². The highest BCUT2D eigenvalue weighted by molar-refractivity contribution is 5.94. The van der Waals surface area contributed by atoms with E-state index in [9.17, 15) is 19.2 Å². The number of hydrogen-bond donors (Lipinski definition) is 1. The Balaban J connectivity index is 1.60. The number of nitrogens with zero attached hydrogens (tertiary/aromatic N) is 3. The molecule has 38 heavy (non-hydrogen) atoms. The Bertz CT molecular complexity index is 1610. The summed E-state index contributed by atoms with van der Waals surface area (Å²) in [6, 6.07) is 11.0. The van der Waals surface area contributed by atoms with Crippen molar-refractivity contribution < 1.29 is 19.1 Å². The molecule has 1 atom stereocenters. The molecule has 2 aromatic carbocycles. The Morgan fingerprint density at radius 1 is 1.05 bits per heavy atom. The molecule has 0 saturated heterocycles. The van der Waals surface area contributed by atoms with Crippen LogP contribution < -0.4 is 21.4 Å². The maximum atomic E-state index is 13.8. The van der Waals surface area contributed by atoms with Crippen molar-refractivity contribution >= 4 is 17.6 Å². The predicted molar refractivity (Wildman–Crippen MR) is 142 cm³/mol. The molecule has 0 spiro atoms. The number of allylic oxidation sites excluding steroid dienone is 1. The molecule has 1 amide bonds. The smallest absolute Gasteiger partial charge is 0.412 e. The van der Waals surface area contributed by atoms with Gasteiger partial charge in [0.05, 0.1) is 12.2 Å². The van der Waals surface area contributed by atoms with E-state index in [4.69, 9.17) is 9.47 Å². The molecule has 2 aliphatic heterocycles. The average Bonchev–Trinajstić information content (AvgIpc) is 3.07. The summed E-state index contributed by atoms with van der Waals surface area (Å²) in [5.41, 5.74) is 0.474. The van der Waals surface area contributed by atoms with Gasteiger partial charge < -0.3 is 9.47 Å². The number of hydrogen-bond acceptors (Lipinski definition) is 6. The number of ketones is 1. The van der Waals surface area contributed by atoms with Gasteiger partial charge in [-0.05, 0) is 77.4 Å². The Kier molecular flexibility index (Phi) is 5.74. The van der Waals surface area contributed by atoms with E-state index in [2.05, 4.69) is 5.32 Å². The Hall–Kier alpha value is -4.34. The predicted octanol–water partition coefficient (Wildman–Crippen LogP) is 4.05. The van der Waals surface area contributed by atoms with E-state index in [1.54, 1.807) is 63.2 Å². The molecule has 0 aliphatic carbocycles. The number of carbonyl (C=O) groups is 2. The number of amides is 1. The molecular weight excluding hydrogens is 488 g/mol. The molecule has 198 valence electrons. The van der Waals surface area contributed by atoms with Crippen molar-refractivity contribution in [3.8, 4) is 11.4 Å². The zero-order chi connectivity index (χ0) is 27.6. The van der Waals surface area contributed by atoms with Gasteiger partial charge in [0, 0.05) is 22.9 Å². The fraction of sp³-hybridized carbons (Fsp3) is 0.357. The van der Waals surface area contributed by atoms with Crippen molar-refractivity contribution in [2.75, 3.05) is 5.32 Å². The van der Waals surface area contributed by atoms with E-state index in [1.165, 1.54) is 16.3 Å². The number of rotatable bonds is 3.